The second kappa shape index (κ2) is 17.3. The molecule has 1 fully saturated rings. The van der Waals surface area contributed by atoms with Gasteiger partial charge in [0.25, 0.3) is 0 Å². The highest BCUT2D eigenvalue weighted by atomic mass is 32.1. The van der Waals surface area contributed by atoms with Crippen LogP contribution in [0.3, 0.4) is 0 Å². The molecule has 40 heavy (non-hydrogen) atoms. The summed E-state index contributed by atoms with van der Waals surface area (Å²) in [6, 6.07) is 4.34. The van der Waals surface area contributed by atoms with E-state index in [-0.39, 0.29) is 5.41 Å². The maximum atomic E-state index is 5.61. The number of ether oxygens (including phenoxy) is 2. The van der Waals surface area contributed by atoms with Gasteiger partial charge in [0.15, 0.2) is 0 Å². The van der Waals surface area contributed by atoms with E-state index in [1.807, 2.05) is 18.3 Å². The van der Waals surface area contributed by atoms with Crippen LogP contribution in [0.4, 0.5) is 0 Å². The molecule has 228 valence electrons. The van der Waals surface area contributed by atoms with E-state index in [0.29, 0.717) is 12.2 Å². The van der Waals surface area contributed by atoms with E-state index in [9.17, 15) is 0 Å². The fourth-order valence-electron chi connectivity index (χ4n) is 4.63. The van der Waals surface area contributed by atoms with Crippen LogP contribution in [0.2, 0.25) is 0 Å². The third kappa shape index (κ3) is 13.3. The fraction of sp³-hybridized carbons (Fsp3) is 0.676. The first kappa shape index (κ1) is 36.3. The lowest BCUT2D eigenvalue weighted by Crippen LogP contribution is -2.32. The largest absolute Gasteiger partial charge is 0.381 e. The van der Waals surface area contributed by atoms with Crippen molar-refractivity contribution in [2.24, 2.45) is 5.92 Å². The van der Waals surface area contributed by atoms with Gasteiger partial charge in [0, 0.05) is 55.3 Å². The summed E-state index contributed by atoms with van der Waals surface area (Å²) in [5, 5.41) is 9.30. The zero-order chi connectivity index (χ0) is 30.5. The van der Waals surface area contributed by atoms with Gasteiger partial charge in [-0.1, -0.05) is 40.7 Å². The highest BCUT2D eigenvalue weighted by Gasteiger charge is 2.24. The summed E-state index contributed by atoms with van der Waals surface area (Å²) < 4.78 is 11.8. The minimum Gasteiger partial charge on any atom is -0.381 e. The molecule has 0 radical (unpaired) electrons. The molecule has 0 spiro atoms. The third-order valence-corrected chi connectivity index (χ3v) is 8.32. The highest BCUT2D eigenvalue weighted by molar-refractivity contribution is 7.09. The van der Waals surface area contributed by atoms with Crippen molar-refractivity contribution in [1.82, 2.24) is 10.2 Å². The molecule has 2 aliphatic heterocycles. The number of quaternary nitrogens is 1. The number of rotatable bonds is 5. The Morgan fingerprint density at radius 3 is 1.93 bits per heavy atom. The molecule has 4 rings (SSSR count). The lowest BCUT2D eigenvalue weighted by molar-refractivity contribution is -0.809. The summed E-state index contributed by atoms with van der Waals surface area (Å²) in [5.41, 5.74) is 6.68. The first-order valence-electron chi connectivity index (χ1n) is 15.0. The number of thiophene rings is 1. The average molecular weight is 575 g/mol. The van der Waals surface area contributed by atoms with E-state index in [1.54, 1.807) is 0 Å². The van der Waals surface area contributed by atoms with Gasteiger partial charge in [-0.15, -0.1) is 11.3 Å². The van der Waals surface area contributed by atoms with Crippen molar-refractivity contribution in [3.05, 3.63) is 62.9 Å². The van der Waals surface area contributed by atoms with Crippen molar-refractivity contribution in [3.8, 4) is 0 Å². The predicted octanol–water partition coefficient (Wildman–Crippen LogP) is 9.14. The Bertz CT molecular complexity index is 979. The zero-order valence-corrected chi connectivity index (χ0v) is 28.8. The van der Waals surface area contributed by atoms with Gasteiger partial charge < -0.3 is 9.47 Å². The summed E-state index contributed by atoms with van der Waals surface area (Å²) >= 11 is 1.86. The Morgan fingerprint density at radius 1 is 1.02 bits per heavy atom. The van der Waals surface area contributed by atoms with Crippen LogP contribution in [0.15, 0.2) is 41.1 Å². The molecule has 4 heterocycles. The lowest BCUT2D eigenvalue weighted by atomic mass is 9.85. The normalized spacial score (nSPS) is 16.8. The molecule has 0 saturated carbocycles. The van der Waals surface area contributed by atoms with Crippen LogP contribution >= 0.6 is 11.3 Å². The first-order valence-corrected chi connectivity index (χ1v) is 15.9. The molecule has 2 aromatic heterocycles. The topological polar surface area (TPSA) is 47.1 Å². The number of aromatic nitrogens is 2. The van der Waals surface area contributed by atoms with E-state index < -0.39 is 0 Å². The first-order chi connectivity index (χ1) is 18.6. The molecule has 0 aromatic carbocycles. The van der Waals surface area contributed by atoms with Gasteiger partial charge >= 0.3 is 0 Å². The van der Waals surface area contributed by atoms with Gasteiger partial charge in [-0.25, -0.2) is 0 Å². The molecule has 0 atom stereocenters. The summed E-state index contributed by atoms with van der Waals surface area (Å²) in [6.45, 7) is 25.5. The summed E-state index contributed by atoms with van der Waals surface area (Å²) in [4.78, 5) is 1.52. The molecule has 0 bridgehead atoms. The second-order valence-corrected chi connectivity index (χ2v) is 14.2. The number of hydrogen-bond donors (Lipinski definition) is 1. The molecular weight excluding hydrogens is 514 g/mol. The third-order valence-electron chi connectivity index (χ3n) is 7.39. The van der Waals surface area contributed by atoms with Gasteiger partial charge in [-0.2, -0.15) is 5.10 Å². The quantitative estimate of drug-likeness (QED) is 0.362. The number of aryl methyl sites for hydroxylation is 3. The molecule has 0 unspecified atom stereocenters. The summed E-state index contributed by atoms with van der Waals surface area (Å²) in [6.07, 6.45) is 9.88. The molecule has 2 aliphatic rings. The second-order valence-electron chi connectivity index (χ2n) is 13.1. The molecule has 5 nitrogen and oxygen atoms in total. The monoisotopic (exact) mass is 574 g/mol. The SMILES string of the molecule is CC(C)CCc1cccs1.CC(C)OC1CCOCC1.CC1=CC=C(C)[N+]1(C)C.Cc1n[nH]c(C)c1C(C)(C)C. The molecule has 1 N–H and O–H groups in total. The van der Waals surface area contributed by atoms with Crippen molar-refractivity contribution in [2.75, 3.05) is 27.3 Å². The van der Waals surface area contributed by atoms with Gasteiger partial charge in [0.1, 0.15) is 11.4 Å². The van der Waals surface area contributed by atoms with Crippen molar-refractivity contribution >= 4 is 11.3 Å². The van der Waals surface area contributed by atoms with Gasteiger partial charge in [-0.3, -0.25) is 9.58 Å². The van der Waals surface area contributed by atoms with Crippen molar-refractivity contribution in [3.63, 3.8) is 0 Å². The van der Waals surface area contributed by atoms with Crippen LogP contribution in [0, 0.1) is 19.8 Å². The standard InChI is InChI=1S/C9H16N2.C9H14S.C8H14N.C8H16O2/c1-6-8(9(3,4)5)7(2)11-10-6;1-8(2)5-6-9-4-3-7-10-9;1-7-5-6-8(2)9(7,3)4;1-7(2)10-8-3-5-9-6-4-8/h1-5H3,(H,10,11);3-4,7-8H,5-6H2,1-2H3;5-6H,1-4H3;7-8H,3-6H2,1-2H3/q;;+1;. The van der Waals surface area contributed by atoms with Crippen LogP contribution in [0.1, 0.15) is 103 Å². The minimum absolute atomic E-state index is 0.209. The van der Waals surface area contributed by atoms with Crippen molar-refractivity contribution in [1.29, 1.82) is 0 Å². The molecular formula is C34H60N3O2S+. The number of aromatic amines is 1. The molecule has 0 aliphatic carbocycles. The van der Waals surface area contributed by atoms with E-state index in [0.717, 1.165) is 42.2 Å². The van der Waals surface area contributed by atoms with E-state index in [1.165, 1.54) is 40.4 Å². The van der Waals surface area contributed by atoms with E-state index in [4.69, 9.17) is 9.47 Å². The van der Waals surface area contributed by atoms with Crippen LogP contribution in [0.5, 0.6) is 0 Å². The van der Waals surface area contributed by atoms with Crippen molar-refractivity contribution < 1.29 is 14.0 Å². The van der Waals surface area contributed by atoms with Crippen molar-refractivity contribution in [2.45, 2.75) is 119 Å². The lowest BCUT2D eigenvalue weighted by Gasteiger charge is -2.26. The average Bonchev–Trinajstić information content (AvgIpc) is 3.56. The van der Waals surface area contributed by atoms with Gasteiger partial charge in [0.05, 0.1) is 32.0 Å². The van der Waals surface area contributed by atoms with Gasteiger partial charge in [-0.05, 0) is 76.2 Å². The van der Waals surface area contributed by atoms with E-state index >= 15 is 0 Å². The molecule has 1 saturated heterocycles. The minimum atomic E-state index is 0.209. The summed E-state index contributed by atoms with van der Waals surface area (Å²) in [5.74, 6) is 0.835. The predicted molar refractivity (Wildman–Crippen MR) is 174 cm³/mol. The van der Waals surface area contributed by atoms with Crippen LogP contribution < -0.4 is 0 Å². The Balaban J connectivity index is 0.000000267. The number of nitrogens with one attached hydrogen (secondary N) is 1. The van der Waals surface area contributed by atoms with Crippen LogP contribution in [-0.4, -0.2) is 54.2 Å². The Kier molecular flexibility index (Phi) is 15.7. The van der Waals surface area contributed by atoms with Crippen LogP contribution in [0.25, 0.3) is 0 Å². The Labute approximate surface area is 250 Å². The summed E-state index contributed by atoms with van der Waals surface area (Å²) in [7, 11) is 4.40. The molecule has 2 aromatic rings. The number of allylic oxidation sites excluding steroid dienone is 4. The van der Waals surface area contributed by atoms with Crippen LogP contribution in [-0.2, 0) is 21.3 Å². The number of nitrogens with zero attached hydrogens (tertiary/aromatic N) is 2. The number of hydrogen-bond acceptors (Lipinski definition) is 4. The highest BCUT2D eigenvalue weighted by Crippen LogP contribution is 2.27. The van der Waals surface area contributed by atoms with Gasteiger partial charge in [0.2, 0.25) is 0 Å². The zero-order valence-electron chi connectivity index (χ0n) is 28.0. The smallest absolute Gasteiger partial charge is 0.110 e. The molecule has 0 amide bonds. The van der Waals surface area contributed by atoms with E-state index in [2.05, 4.69) is 123 Å². The maximum Gasteiger partial charge on any atom is 0.110 e. The Morgan fingerprint density at radius 2 is 1.60 bits per heavy atom. The fourth-order valence-corrected chi connectivity index (χ4v) is 5.36. The molecule has 6 heteroatoms. The Hall–Kier alpha value is -1.73. The number of H-pyrrole nitrogens is 1. The maximum absolute atomic E-state index is 5.61.